The Hall–Kier alpha value is -4.53. The quantitative estimate of drug-likeness (QED) is 0.390. The Morgan fingerprint density at radius 2 is 1.72 bits per heavy atom. The molecule has 4 amide bonds. The summed E-state index contributed by atoms with van der Waals surface area (Å²) in [4.78, 5) is 40.4. The first-order chi connectivity index (χ1) is 17.3. The second-order valence-electron chi connectivity index (χ2n) is 8.77. The number of fused-ring (bicyclic) bond motifs is 3. The second-order valence-corrected chi connectivity index (χ2v) is 8.77. The van der Waals surface area contributed by atoms with Gasteiger partial charge in [-0.2, -0.15) is 0 Å². The van der Waals surface area contributed by atoms with E-state index in [0.717, 1.165) is 15.7 Å². The van der Waals surface area contributed by atoms with Gasteiger partial charge in [-0.1, -0.05) is 30.3 Å². The average molecular weight is 488 g/mol. The molecule has 0 bridgehead atoms. The van der Waals surface area contributed by atoms with Gasteiger partial charge in [-0.05, 0) is 43.7 Å². The molecule has 0 spiro atoms. The first kappa shape index (κ1) is 23.2. The maximum Gasteiger partial charge on any atom is 0.326 e. The zero-order valence-corrected chi connectivity index (χ0v) is 20.2. The molecule has 9 heteroatoms. The molecule has 3 aromatic carbocycles. The number of hydrogen-bond acceptors (Lipinski definition) is 6. The van der Waals surface area contributed by atoms with Crippen molar-refractivity contribution in [3.63, 3.8) is 0 Å². The van der Waals surface area contributed by atoms with Gasteiger partial charge in [0.2, 0.25) is 5.91 Å². The summed E-state index contributed by atoms with van der Waals surface area (Å²) in [6.45, 7) is 3.11. The summed E-state index contributed by atoms with van der Waals surface area (Å²) in [5.74, 6) is -0.0276. The van der Waals surface area contributed by atoms with Crippen molar-refractivity contribution in [2.45, 2.75) is 25.4 Å². The molecular formula is C27H25N3O6. The van der Waals surface area contributed by atoms with Crippen LogP contribution in [0.4, 0.5) is 10.5 Å². The summed E-state index contributed by atoms with van der Waals surface area (Å²) in [5, 5.41) is 7.28. The molecule has 0 aliphatic carbocycles. The molecule has 2 N–H and O–H groups in total. The molecular weight excluding hydrogens is 462 g/mol. The largest absolute Gasteiger partial charge is 0.497 e. The number of nitrogens with one attached hydrogen (secondary N) is 2. The van der Waals surface area contributed by atoms with Gasteiger partial charge < -0.3 is 24.5 Å². The Balaban J connectivity index is 1.41. The molecule has 1 saturated heterocycles. The van der Waals surface area contributed by atoms with E-state index in [-0.39, 0.29) is 0 Å². The van der Waals surface area contributed by atoms with Gasteiger partial charge in [-0.3, -0.25) is 9.59 Å². The van der Waals surface area contributed by atoms with Crippen LogP contribution in [0, 0.1) is 0 Å². The minimum absolute atomic E-state index is 0.367. The Bertz CT molecular complexity index is 1510. The van der Waals surface area contributed by atoms with E-state index in [9.17, 15) is 14.4 Å². The van der Waals surface area contributed by atoms with Crippen LogP contribution >= 0.6 is 0 Å². The minimum Gasteiger partial charge on any atom is -0.497 e. The molecule has 2 atom stereocenters. The predicted molar refractivity (Wildman–Crippen MR) is 134 cm³/mol. The van der Waals surface area contributed by atoms with Crippen molar-refractivity contribution in [3.8, 4) is 11.5 Å². The van der Waals surface area contributed by atoms with Gasteiger partial charge in [0, 0.05) is 16.8 Å². The fraction of sp³-hybridized carbons (Fsp3) is 0.222. The van der Waals surface area contributed by atoms with E-state index in [0.29, 0.717) is 33.9 Å². The Morgan fingerprint density at radius 3 is 2.42 bits per heavy atom. The van der Waals surface area contributed by atoms with E-state index in [1.54, 1.807) is 50.4 Å². The van der Waals surface area contributed by atoms with E-state index in [1.165, 1.54) is 14.0 Å². The van der Waals surface area contributed by atoms with Crippen molar-refractivity contribution in [1.29, 1.82) is 0 Å². The van der Waals surface area contributed by atoms with E-state index in [2.05, 4.69) is 10.6 Å². The fourth-order valence-electron chi connectivity index (χ4n) is 4.50. The fourth-order valence-corrected chi connectivity index (χ4v) is 4.50. The summed E-state index contributed by atoms with van der Waals surface area (Å²) in [6, 6.07) is 16.1. The second kappa shape index (κ2) is 8.60. The summed E-state index contributed by atoms with van der Waals surface area (Å²) in [7, 11) is 3.04. The zero-order chi connectivity index (χ0) is 25.6. The van der Waals surface area contributed by atoms with Gasteiger partial charge in [-0.15, -0.1) is 0 Å². The molecule has 36 heavy (non-hydrogen) atoms. The average Bonchev–Trinajstić information content (AvgIpc) is 3.36. The normalized spacial score (nSPS) is 18.4. The Labute approximate surface area is 206 Å². The smallest absolute Gasteiger partial charge is 0.326 e. The van der Waals surface area contributed by atoms with Crippen LogP contribution in [0.1, 0.15) is 19.4 Å². The van der Waals surface area contributed by atoms with E-state index in [1.807, 2.05) is 24.3 Å². The molecule has 2 heterocycles. The van der Waals surface area contributed by atoms with Crippen LogP contribution < -0.4 is 20.1 Å². The highest BCUT2D eigenvalue weighted by Gasteiger charge is 2.51. The van der Waals surface area contributed by atoms with Crippen molar-refractivity contribution in [3.05, 3.63) is 66.2 Å². The lowest BCUT2D eigenvalue weighted by molar-refractivity contribution is -0.136. The molecule has 1 aliphatic heterocycles. The number of carbonyl (C=O) groups is 3. The molecule has 1 aromatic heterocycles. The summed E-state index contributed by atoms with van der Waals surface area (Å²) >= 11 is 0. The maximum atomic E-state index is 13.4. The number of hydrogen-bond donors (Lipinski definition) is 2. The molecule has 0 radical (unpaired) electrons. The number of imide groups is 1. The van der Waals surface area contributed by atoms with Gasteiger partial charge in [0.1, 0.15) is 34.2 Å². The zero-order valence-electron chi connectivity index (χ0n) is 20.2. The number of urea groups is 1. The topological polar surface area (TPSA) is 110 Å². The van der Waals surface area contributed by atoms with Gasteiger partial charge in [0.05, 0.1) is 19.9 Å². The molecule has 1 aliphatic rings. The SMILES string of the molecule is COc1ccc(C2(C)NC(=O)N(C(C)C(=O)Nc3cc4oc5ccccc5c4cc3OC)C2=O)cc1. The summed E-state index contributed by atoms with van der Waals surface area (Å²) in [6.07, 6.45) is 0. The van der Waals surface area contributed by atoms with Crippen LogP contribution in [0.3, 0.4) is 0 Å². The molecule has 5 rings (SSSR count). The number of benzene rings is 3. The first-order valence-corrected chi connectivity index (χ1v) is 11.4. The summed E-state index contributed by atoms with van der Waals surface area (Å²) < 4.78 is 16.6. The van der Waals surface area contributed by atoms with Gasteiger partial charge in [0.15, 0.2) is 0 Å². The van der Waals surface area contributed by atoms with E-state index >= 15 is 0 Å². The van der Waals surface area contributed by atoms with Gasteiger partial charge in [0.25, 0.3) is 5.91 Å². The third-order valence-electron chi connectivity index (χ3n) is 6.61. The number of nitrogens with zero attached hydrogens (tertiary/aromatic N) is 1. The first-order valence-electron chi connectivity index (χ1n) is 11.4. The minimum atomic E-state index is -1.32. The monoisotopic (exact) mass is 487 g/mol. The van der Waals surface area contributed by atoms with Crippen LogP contribution in [-0.4, -0.2) is 43.0 Å². The number of anilines is 1. The van der Waals surface area contributed by atoms with Gasteiger partial charge >= 0.3 is 6.03 Å². The number of furan rings is 1. The number of rotatable bonds is 6. The van der Waals surface area contributed by atoms with Crippen LogP contribution in [0.15, 0.2) is 65.1 Å². The molecule has 1 fully saturated rings. The number of methoxy groups -OCH3 is 2. The van der Waals surface area contributed by atoms with Crippen LogP contribution in [0.5, 0.6) is 11.5 Å². The third kappa shape index (κ3) is 3.60. The predicted octanol–water partition coefficient (Wildman–Crippen LogP) is 4.40. The van der Waals surface area contributed by atoms with Crippen molar-refractivity contribution in [2.24, 2.45) is 0 Å². The number of amides is 4. The van der Waals surface area contributed by atoms with Gasteiger partial charge in [-0.25, -0.2) is 9.69 Å². The van der Waals surface area contributed by atoms with Crippen molar-refractivity contribution in [2.75, 3.05) is 19.5 Å². The van der Waals surface area contributed by atoms with Crippen molar-refractivity contribution < 1.29 is 28.3 Å². The highest BCUT2D eigenvalue weighted by atomic mass is 16.5. The van der Waals surface area contributed by atoms with Crippen molar-refractivity contribution in [1.82, 2.24) is 10.2 Å². The standard InChI is InChI=1S/C27H25N3O6/c1-15(30-25(32)27(2,29-26(30)33)16-9-11-17(34-3)12-10-16)24(31)28-20-14-22-19(13-23(20)35-4)18-7-5-6-8-21(18)36-22/h5-15H,1-4H3,(H,28,31)(H,29,33). The maximum absolute atomic E-state index is 13.4. The van der Waals surface area contributed by atoms with Crippen LogP contribution in [-0.2, 0) is 15.1 Å². The van der Waals surface area contributed by atoms with Crippen molar-refractivity contribution >= 4 is 45.5 Å². The van der Waals surface area contributed by atoms with E-state index in [4.69, 9.17) is 13.9 Å². The number of para-hydroxylation sites is 1. The number of ether oxygens (including phenoxy) is 2. The van der Waals surface area contributed by atoms with Crippen LogP contribution in [0.2, 0.25) is 0 Å². The Morgan fingerprint density at radius 1 is 1.00 bits per heavy atom. The lowest BCUT2D eigenvalue weighted by atomic mass is 9.92. The van der Waals surface area contributed by atoms with Crippen LogP contribution in [0.25, 0.3) is 21.9 Å². The molecule has 0 saturated carbocycles. The summed E-state index contributed by atoms with van der Waals surface area (Å²) in [5.41, 5.74) is 0.910. The molecule has 9 nitrogen and oxygen atoms in total. The highest BCUT2D eigenvalue weighted by molar-refractivity contribution is 6.12. The molecule has 2 unspecified atom stereocenters. The Kier molecular flexibility index (Phi) is 5.55. The molecule has 4 aromatic rings. The lowest BCUT2D eigenvalue weighted by Crippen LogP contribution is -2.47. The van der Waals surface area contributed by atoms with E-state index < -0.39 is 29.4 Å². The lowest BCUT2D eigenvalue weighted by Gasteiger charge is -2.25. The third-order valence-corrected chi connectivity index (χ3v) is 6.61. The number of carbonyl (C=O) groups excluding carboxylic acids is 3. The molecule has 184 valence electrons. The highest BCUT2D eigenvalue weighted by Crippen LogP contribution is 2.37.